The normalized spacial score (nSPS) is 11.4. The molecule has 4 nitrogen and oxygen atoms in total. The van der Waals surface area contributed by atoms with Crippen molar-refractivity contribution in [3.05, 3.63) is 0 Å². The predicted octanol–water partition coefficient (Wildman–Crippen LogP) is 1.90. The Morgan fingerprint density at radius 3 is 2.12 bits per heavy atom. The summed E-state index contributed by atoms with van der Waals surface area (Å²) in [5.41, 5.74) is 0. The summed E-state index contributed by atoms with van der Waals surface area (Å²) in [5.74, 6) is -1.86. The molecule has 0 rings (SSSR count). The quantitative estimate of drug-likeness (QED) is 0.709. The molecule has 0 aliphatic heterocycles. The molecule has 0 N–H and O–H groups in total. The van der Waals surface area contributed by atoms with E-state index in [-0.39, 0.29) is 17.4 Å². The van der Waals surface area contributed by atoms with Crippen LogP contribution in [-0.4, -0.2) is 29.7 Å². The van der Waals surface area contributed by atoms with Crippen molar-refractivity contribution in [2.45, 2.75) is 33.4 Å². The fraction of sp³-hybridized carbons (Fsp3) is 0.778. The predicted molar refractivity (Wildman–Crippen MR) is 49.0 cm³/mol. The molecule has 0 saturated carbocycles. The van der Waals surface area contributed by atoms with Crippen LogP contribution < -0.4 is 0 Å². The molecule has 0 fully saturated rings. The molecule has 0 aliphatic carbocycles. The minimum absolute atomic E-state index is 0.0186. The highest BCUT2D eigenvalue weighted by atomic mass is 19.4. The van der Waals surface area contributed by atoms with Gasteiger partial charge in [0.25, 0.3) is 5.91 Å². The first-order chi connectivity index (χ1) is 7.11. The summed E-state index contributed by atoms with van der Waals surface area (Å²) in [5, 5.41) is 0.0186. The van der Waals surface area contributed by atoms with Crippen LogP contribution >= 0.6 is 0 Å². The Morgan fingerprint density at radius 1 is 1.31 bits per heavy atom. The van der Waals surface area contributed by atoms with E-state index in [1.165, 1.54) is 0 Å². The van der Waals surface area contributed by atoms with Crippen LogP contribution in [0.5, 0.6) is 0 Å². The zero-order valence-corrected chi connectivity index (χ0v) is 9.30. The number of carbonyl (C=O) groups is 2. The summed E-state index contributed by atoms with van der Waals surface area (Å²) in [6.07, 6.45) is -4.63. The fourth-order valence-electron chi connectivity index (χ4n) is 0.864. The van der Waals surface area contributed by atoms with E-state index in [1.54, 1.807) is 13.8 Å². The van der Waals surface area contributed by atoms with Crippen molar-refractivity contribution in [3.8, 4) is 0 Å². The molecular formula is C9H14F3NO3. The molecule has 0 aromatic heterocycles. The first kappa shape index (κ1) is 14.7. The van der Waals surface area contributed by atoms with Crippen LogP contribution in [-0.2, 0) is 14.4 Å². The number of hydroxylamine groups is 2. The van der Waals surface area contributed by atoms with Gasteiger partial charge in [-0.15, -0.1) is 0 Å². The van der Waals surface area contributed by atoms with Gasteiger partial charge in [-0.05, 0) is 5.92 Å². The van der Waals surface area contributed by atoms with Crippen molar-refractivity contribution >= 4 is 11.9 Å². The third kappa shape index (κ3) is 7.08. The van der Waals surface area contributed by atoms with Gasteiger partial charge in [0.15, 0.2) is 6.54 Å². The molecule has 0 atom stereocenters. The van der Waals surface area contributed by atoms with E-state index in [9.17, 15) is 22.8 Å². The lowest BCUT2D eigenvalue weighted by Crippen LogP contribution is -2.39. The average Bonchev–Trinajstić information content (AvgIpc) is 1.97. The Morgan fingerprint density at radius 2 is 1.81 bits per heavy atom. The van der Waals surface area contributed by atoms with Crippen LogP contribution in [0.4, 0.5) is 13.2 Å². The van der Waals surface area contributed by atoms with E-state index in [2.05, 4.69) is 4.84 Å². The standard InChI is InChI=1S/C9H14F3NO3/c1-6(2)4-8(15)16-13(7(3)14)5-9(10,11)12/h6H,4-5H2,1-3H3. The number of alkyl halides is 3. The number of amides is 1. The van der Waals surface area contributed by atoms with E-state index < -0.39 is 24.6 Å². The highest BCUT2D eigenvalue weighted by Crippen LogP contribution is 2.17. The van der Waals surface area contributed by atoms with E-state index in [0.29, 0.717) is 0 Å². The van der Waals surface area contributed by atoms with Crippen molar-refractivity contribution < 1.29 is 27.6 Å². The van der Waals surface area contributed by atoms with Gasteiger partial charge in [-0.3, -0.25) is 4.79 Å². The van der Waals surface area contributed by atoms with Crippen molar-refractivity contribution in [1.82, 2.24) is 5.06 Å². The molecule has 1 amide bonds. The average molecular weight is 241 g/mol. The van der Waals surface area contributed by atoms with Crippen molar-refractivity contribution in [3.63, 3.8) is 0 Å². The van der Waals surface area contributed by atoms with Gasteiger partial charge in [0, 0.05) is 6.92 Å². The topological polar surface area (TPSA) is 46.6 Å². The molecule has 0 bridgehead atoms. The summed E-state index contributed by atoms with van der Waals surface area (Å²) in [7, 11) is 0. The van der Waals surface area contributed by atoms with Gasteiger partial charge in [0.1, 0.15) is 0 Å². The molecule has 0 aliphatic rings. The highest BCUT2D eigenvalue weighted by Gasteiger charge is 2.34. The third-order valence-electron chi connectivity index (χ3n) is 1.46. The van der Waals surface area contributed by atoms with Crippen LogP contribution in [0.15, 0.2) is 0 Å². The van der Waals surface area contributed by atoms with Gasteiger partial charge < -0.3 is 4.84 Å². The van der Waals surface area contributed by atoms with Gasteiger partial charge in [-0.1, -0.05) is 13.8 Å². The Kier molecular flexibility index (Phi) is 5.26. The summed E-state index contributed by atoms with van der Waals surface area (Å²) >= 11 is 0. The fourth-order valence-corrected chi connectivity index (χ4v) is 0.864. The highest BCUT2D eigenvalue weighted by molar-refractivity contribution is 5.76. The number of rotatable bonds is 3. The Balaban J connectivity index is 4.35. The van der Waals surface area contributed by atoms with E-state index in [1.807, 2.05) is 0 Å². The summed E-state index contributed by atoms with van der Waals surface area (Å²) in [4.78, 5) is 26.2. The Labute approximate surface area is 91.3 Å². The van der Waals surface area contributed by atoms with Gasteiger partial charge in [0.05, 0.1) is 6.42 Å². The monoisotopic (exact) mass is 241 g/mol. The molecule has 16 heavy (non-hydrogen) atoms. The first-order valence-corrected chi connectivity index (χ1v) is 4.67. The maximum atomic E-state index is 12.0. The SMILES string of the molecule is CC(=O)N(CC(F)(F)F)OC(=O)CC(C)C. The van der Waals surface area contributed by atoms with E-state index >= 15 is 0 Å². The molecule has 0 unspecified atom stereocenters. The summed E-state index contributed by atoms with van der Waals surface area (Å²) < 4.78 is 36.0. The lowest BCUT2D eigenvalue weighted by molar-refractivity contribution is -0.229. The van der Waals surface area contributed by atoms with Gasteiger partial charge in [0.2, 0.25) is 0 Å². The van der Waals surface area contributed by atoms with Crippen LogP contribution in [0.3, 0.4) is 0 Å². The number of nitrogens with zero attached hydrogens (tertiary/aromatic N) is 1. The lowest BCUT2D eigenvalue weighted by atomic mass is 10.1. The van der Waals surface area contributed by atoms with Gasteiger partial charge in [-0.2, -0.15) is 18.2 Å². The van der Waals surface area contributed by atoms with Crippen LogP contribution in [0, 0.1) is 5.92 Å². The van der Waals surface area contributed by atoms with Crippen LogP contribution in [0.1, 0.15) is 27.2 Å². The molecule has 94 valence electrons. The van der Waals surface area contributed by atoms with E-state index in [0.717, 1.165) is 6.92 Å². The number of carbonyl (C=O) groups excluding carboxylic acids is 2. The van der Waals surface area contributed by atoms with E-state index in [4.69, 9.17) is 0 Å². The molecule has 0 aromatic carbocycles. The minimum Gasteiger partial charge on any atom is -0.338 e. The third-order valence-corrected chi connectivity index (χ3v) is 1.46. The van der Waals surface area contributed by atoms with Crippen LogP contribution in [0.2, 0.25) is 0 Å². The Bertz CT molecular complexity index is 263. The number of hydrogen-bond acceptors (Lipinski definition) is 3. The van der Waals surface area contributed by atoms with Crippen molar-refractivity contribution in [1.29, 1.82) is 0 Å². The second-order valence-corrected chi connectivity index (χ2v) is 3.73. The second kappa shape index (κ2) is 5.72. The van der Waals surface area contributed by atoms with Gasteiger partial charge in [-0.25, -0.2) is 4.79 Å². The smallest absolute Gasteiger partial charge is 0.338 e. The summed E-state index contributed by atoms with van der Waals surface area (Å²) in [6.45, 7) is 2.73. The molecular weight excluding hydrogens is 227 g/mol. The maximum Gasteiger partial charge on any atom is 0.409 e. The molecule has 0 radical (unpaired) electrons. The minimum atomic E-state index is -4.59. The zero-order chi connectivity index (χ0) is 12.9. The molecule has 0 spiro atoms. The summed E-state index contributed by atoms with van der Waals surface area (Å²) in [6, 6.07) is 0. The van der Waals surface area contributed by atoms with Crippen molar-refractivity contribution in [2.24, 2.45) is 5.92 Å². The number of hydrogen-bond donors (Lipinski definition) is 0. The molecule has 0 aromatic rings. The molecule has 0 saturated heterocycles. The Hall–Kier alpha value is -1.27. The van der Waals surface area contributed by atoms with Crippen molar-refractivity contribution in [2.75, 3.05) is 6.54 Å². The molecule has 7 heteroatoms. The molecule has 0 heterocycles. The maximum absolute atomic E-state index is 12.0. The van der Waals surface area contributed by atoms with Gasteiger partial charge >= 0.3 is 12.1 Å². The zero-order valence-electron chi connectivity index (χ0n) is 9.30. The lowest BCUT2D eigenvalue weighted by Gasteiger charge is -2.21. The second-order valence-electron chi connectivity index (χ2n) is 3.73. The largest absolute Gasteiger partial charge is 0.409 e. The number of halogens is 3. The first-order valence-electron chi connectivity index (χ1n) is 4.67. The van der Waals surface area contributed by atoms with Crippen LogP contribution in [0.25, 0.3) is 0 Å².